The van der Waals surface area contributed by atoms with Crippen molar-refractivity contribution in [2.24, 2.45) is 17.8 Å². The van der Waals surface area contributed by atoms with Crippen molar-refractivity contribution >= 4 is 0 Å². The zero-order valence-corrected chi connectivity index (χ0v) is 11.9. The molecule has 3 saturated carbocycles. The molecule has 104 valence electrons. The fraction of sp³-hybridized carbons (Fsp3) is 1.00. The van der Waals surface area contributed by atoms with Crippen LogP contribution in [0.2, 0.25) is 0 Å². The van der Waals surface area contributed by atoms with Crippen LogP contribution in [0.5, 0.6) is 0 Å². The summed E-state index contributed by atoms with van der Waals surface area (Å²) in [5.41, 5.74) is -0.267. The van der Waals surface area contributed by atoms with Crippen LogP contribution in [0.1, 0.15) is 83.5 Å². The Kier molecular flexibility index (Phi) is 3.98. The summed E-state index contributed by atoms with van der Waals surface area (Å²) >= 11 is 0. The van der Waals surface area contributed by atoms with Crippen LogP contribution in [0, 0.1) is 17.8 Å². The fourth-order valence-corrected chi connectivity index (χ4v) is 5.32. The third-order valence-corrected chi connectivity index (χ3v) is 6.27. The SMILES string of the molecule is OC1(C2CCCC2)CCCCC1C1CCCCC1. The smallest absolute Gasteiger partial charge is 0.0706 e. The van der Waals surface area contributed by atoms with Crippen molar-refractivity contribution in [3.63, 3.8) is 0 Å². The zero-order valence-electron chi connectivity index (χ0n) is 11.9. The molecule has 3 aliphatic carbocycles. The van der Waals surface area contributed by atoms with Crippen LogP contribution in [0.3, 0.4) is 0 Å². The highest BCUT2D eigenvalue weighted by atomic mass is 16.3. The Balaban J connectivity index is 1.75. The largest absolute Gasteiger partial charge is 0.389 e. The van der Waals surface area contributed by atoms with Crippen LogP contribution in [0.25, 0.3) is 0 Å². The minimum Gasteiger partial charge on any atom is -0.389 e. The van der Waals surface area contributed by atoms with Crippen molar-refractivity contribution in [2.45, 2.75) is 89.1 Å². The zero-order chi connectivity index (χ0) is 12.4. The molecule has 18 heavy (non-hydrogen) atoms. The molecular weight excluding hydrogens is 220 g/mol. The Hall–Kier alpha value is -0.0400. The molecule has 0 spiro atoms. The molecule has 0 aromatic heterocycles. The van der Waals surface area contributed by atoms with E-state index in [-0.39, 0.29) is 5.60 Å². The lowest BCUT2D eigenvalue weighted by Crippen LogP contribution is -2.49. The summed E-state index contributed by atoms with van der Waals surface area (Å²) in [5, 5.41) is 11.4. The normalized spacial score (nSPS) is 40.2. The maximum Gasteiger partial charge on any atom is 0.0706 e. The van der Waals surface area contributed by atoms with Gasteiger partial charge in [-0.2, -0.15) is 0 Å². The molecule has 0 aromatic carbocycles. The Labute approximate surface area is 112 Å². The van der Waals surface area contributed by atoms with Crippen molar-refractivity contribution in [1.29, 1.82) is 0 Å². The van der Waals surface area contributed by atoms with Gasteiger partial charge in [-0.15, -0.1) is 0 Å². The standard InChI is InChI=1S/C17H30O/c18-17(15-10-4-5-11-15)13-7-6-12-16(17)14-8-2-1-3-9-14/h14-16,18H,1-13H2. The summed E-state index contributed by atoms with van der Waals surface area (Å²) in [7, 11) is 0. The van der Waals surface area contributed by atoms with Gasteiger partial charge < -0.3 is 5.11 Å². The lowest BCUT2D eigenvalue weighted by molar-refractivity contribution is -0.117. The van der Waals surface area contributed by atoms with Crippen molar-refractivity contribution in [2.75, 3.05) is 0 Å². The second-order valence-corrected chi connectivity index (χ2v) is 7.22. The lowest BCUT2D eigenvalue weighted by atomic mass is 9.61. The Bertz CT molecular complexity index is 263. The van der Waals surface area contributed by atoms with Gasteiger partial charge in [-0.05, 0) is 43.4 Å². The minimum atomic E-state index is -0.267. The van der Waals surface area contributed by atoms with Gasteiger partial charge in [0.25, 0.3) is 0 Å². The van der Waals surface area contributed by atoms with Crippen LogP contribution in [-0.2, 0) is 0 Å². The van der Waals surface area contributed by atoms with Crippen LogP contribution >= 0.6 is 0 Å². The molecule has 0 aromatic rings. The Morgan fingerprint density at radius 1 is 0.667 bits per heavy atom. The molecule has 1 nitrogen and oxygen atoms in total. The van der Waals surface area contributed by atoms with E-state index in [2.05, 4.69) is 0 Å². The van der Waals surface area contributed by atoms with Crippen molar-refractivity contribution in [1.82, 2.24) is 0 Å². The van der Waals surface area contributed by atoms with Crippen LogP contribution in [-0.4, -0.2) is 10.7 Å². The minimum absolute atomic E-state index is 0.267. The van der Waals surface area contributed by atoms with Gasteiger partial charge in [0.05, 0.1) is 5.60 Å². The molecule has 0 saturated heterocycles. The predicted molar refractivity (Wildman–Crippen MR) is 75.4 cm³/mol. The summed E-state index contributed by atoms with van der Waals surface area (Å²) < 4.78 is 0. The van der Waals surface area contributed by atoms with Gasteiger partial charge in [-0.3, -0.25) is 0 Å². The number of hydrogen-bond acceptors (Lipinski definition) is 1. The molecule has 1 heteroatoms. The third kappa shape index (κ3) is 2.35. The summed E-state index contributed by atoms with van der Waals surface area (Å²) in [6.45, 7) is 0. The van der Waals surface area contributed by atoms with Gasteiger partial charge in [0.15, 0.2) is 0 Å². The first-order valence-electron chi connectivity index (χ1n) is 8.53. The molecule has 3 aliphatic rings. The second-order valence-electron chi connectivity index (χ2n) is 7.22. The first-order chi connectivity index (χ1) is 8.81. The maximum atomic E-state index is 11.4. The summed E-state index contributed by atoms with van der Waals surface area (Å²) in [5.74, 6) is 2.14. The van der Waals surface area contributed by atoms with Gasteiger partial charge in [0.2, 0.25) is 0 Å². The predicted octanol–water partition coefficient (Wildman–Crippen LogP) is 4.68. The van der Waals surface area contributed by atoms with E-state index in [1.54, 1.807) is 0 Å². The number of hydrogen-bond donors (Lipinski definition) is 1. The molecule has 3 rings (SSSR count). The highest BCUT2D eigenvalue weighted by Crippen LogP contribution is 2.50. The van der Waals surface area contributed by atoms with E-state index in [9.17, 15) is 5.11 Å². The molecule has 0 aliphatic heterocycles. The monoisotopic (exact) mass is 250 g/mol. The number of rotatable bonds is 2. The number of aliphatic hydroxyl groups is 1. The molecule has 1 N–H and O–H groups in total. The van der Waals surface area contributed by atoms with E-state index in [1.165, 1.54) is 77.0 Å². The molecule has 0 radical (unpaired) electrons. The van der Waals surface area contributed by atoms with Gasteiger partial charge >= 0.3 is 0 Å². The van der Waals surface area contributed by atoms with E-state index < -0.39 is 0 Å². The van der Waals surface area contributed by atoms with Gasteiger partial charge in [0, 0.05) is 0 Å². The first kappa shape index (κ1) is 13.0. The average molecular weight is 250 g/mol. The van der Waals surface area contributed by atoms with Crippen LogP contribution in [0.4, 0.5) is 0 Å². The molecule has 0 bridgehead atoms. The average Bonchev–Trinajstić information content (AvgIpc) is 2.95. The topological polar surface area (TPSA) is 20.2 Å². The highest BCUT2D eigenvalue weighted by Gasteiger charge is 2.48. The van der Waals surface area contributed by atoms with E-state index >= 15 is 0 Å². The molecule has 0 amide bonds. The first-order valence-corrected chi connectivity index (χ1v) is 8.53. The van der Waals surface area contributed by atoms with Crippen molar-refractivity contribution < 1.29 is 5.11 Å². The Morgan fingerprint density at radius 3 is 2.00 bits per heavy atom. The van der Waals surface area contributed by atoms with Gasteiger partial charge in [-0.1, -0.05) is 57.8 Å². The van der Waals surface area contributed by atoms with Crippen molar-refractivity contribution in [3.8, 4) is 0 Å². The van der Waals surface area contributed by atoms with Gasteiger partial charge in [0.1, 0.15) is 0 Å². The van der Waals surface area contributed by atoms with E-state index in [1.807, 2.05) is 0 Å². The maximum absolute atomic E-state index is 11.4. The van der Waals surface area contributed by atoms with E-state index in [0.717, 1.165) is 12.3 Å². The second kappa shape index (κ2) is 5.53. The molecule has 0 heterocycles. The molecule has 3 fully saturated rings. The summed E-state index contributed by atoms with van der Waals surface area (Å²) in [6, 6.07) is 0. The van der Waals surface area contributed by atoms with E-state index in [4.69, 9.17) is 0 Å². The van der Waals surface area contributed by atoms with Crippen LogP contribution in [0.15, 0.2) is 0 Å². The van der Waals surface area contributed by atoms with Crippen molar-refractivity contribution in [3.05, 3.63) is 0 Å². The quantitative estimate of drug-likeness (QED) is 0.754. The lowest BCUT2D eigenvalue weighted by Gasteiger charge is -2.48. The Morgan fingerprint density at radius 2 is 1.28 bits per heavy atom. The summed E-state index contributed by atoms with van der Waals surface area (Å²) in [4.78, 5) is 0. The third-order valence-electron chi connectivity index (χ3n) is 6.27. The summed E-state index contributed by atoms with van der Waals surface area (Å²) in [6.07, 6.45) is 17.5. The molecular formula is C17H30O. The molecule has 2 unspecified atom stereocenters. The molecule has 2 atom stereocenters. The highest BCUT2D eigenvalue weighted by molar-refractivity contribution is 4.99. The van der Waals surface area contributed by atoms with Gasteiger partial charge in [-0.25, -0.2) is 0 Å². The van der Waals surface area contributed by atoms with E-state index in [0.29, 0.717) is 11.8 Å². The van der Waals surface area contributed by atoms with Crippen LogP contribution < -0.4 is 0 Å². The fourth-order valence-electron chi connectivity index (χ4n) is 5.32.